The van der Waals surface area contributed by atoms with Crippen LogP contribution in [0.25, 0.3) is 11.0 Å². The normalized spacial score (nSPS) is 15.3. The lowest BCUT2D eigenvalue weighted by Gasteiger charge is -2.23. The first-order valence-electron chi connectivity index (χ1n) is 8.93. The molecule has 0 spiro atoms. The van der Waals surface area contributed by atoms with Crippen LogP contribution in [0.1, 0.15) is 63.4 Å². The highest BCUT2D eigenvalue weighted by molar-refractivity contribution is 6.32. The SMILES string of the molecule is CCC(C)(O)c1cc(=O)c2c(C)cc3c(c2o1)C(=O)c1c(O)cccc1C3=O. The summed E-state index contributed by atoms with van der Waals surface area (Å²) in [4.78, 5) is 38.9. The highest BCUT2D eigenvalue weighted by atomic mass is 16.4. The molecule has 0 saturated heterocycles. The summed E-state index contributed by atoms with van der Waals surface area (Å²) >= 11 is 0. The number of phenols is 1. The molecule has 4 rings (SSSR count). The summed E-state index contributed by atoms with van der Waals surface area (Å²) in [5.41, 5.74) is -1.32. The first-order chi connectivity index (χ1) is 13.2. The molecule has 6 nitrogen and oxygen atoms in total. The third-order valence-corrected chi connectivity index (χ3v) is 5.40. The number of hydrogen-bond donors (Lipinski definition) is 2. The standard InChI is InChI=1S/C22H18O6/c1-4-22(3,27)15-9-14(24)16-10(2)8-12-18(21(16)28-15)20(26)17-11(19(12)25)6-5-7-13(17)23/h5-9,23,27H,4H2,1-3H3. The zero-order chi connectivity index (χ0) is 20.4. The van der Waals surface area contributed by atoms with Crippen molar-refractivity contribution in [1.82, 2.24) is 0 Å². The summed E-state index contributed by atoms with van der Waals surface area (Å²) in [6, 6.07) is 7.02. The maximum absolute atomic E-state index is 13.2. The lowest BCUT2D eigenvalue weighted by molar-refractivity contribution is 0.0305. The molecule has 0 fully saturated rings. The van der Waals surface area contributed by atoms with Gasteiger partial charge in [0.15, 0.2) is 11.2 Å². The maximum atomic E-state index is 13.2. The number of benzene rings is 2. The molecule has 2 aromatic carbocycles. The third kappa shape index (κ3) is 2.34. The Hall–Kier alpha value is -3.25. The number of rotatable bonds is 2. The van der Waals surface area contributed by atoms with Crippen molar-refractivity contribution in [2.45, 2.75) is 32.8 Å². The Labute approximate surface area is 160 Å². The van der Waals surface area contributed by atoms with Crippen LogP contribution in [0.3, 0.4) is 0 Å². The van der Waals surface area contributed by atoms with Gasteiger partial charge in [-0.1, -0.05) is 19.1 Å². The number of hydrogen-bond acceptors (Lipinski definition) is 6. The number of carbonyl (C=O) groups excluding carboxylic acids is 2. The molecular weight excluding hydrogens is 360 g/mol. The zero-order valence-corrected chi connectivity index (χ0v) is 15.6. The van der Waals surface area contributed by atoms with Gasteiger partial charge < -0.3 is 14.6 Å². The molecule has 6 heteroatoms. The molecule has 0 radical (unpaired) electrons. The molecule has 142 valence electrons. The van der Waals surface area contributed by atoms with Crippen molar-refractivity contribution in [2.75, 3.05) is 0 Å². The van der Waals surface area contributed by atoms with Crippen molar-refractivity contribution in [3.05, 3.63) is 74.1 Å². The van der Waals surface area contributed by atoms with Crippen LogP contribution in [0.2, 0.25) is 0 Å². The zero-order valence-electron chi connectivity index (χ0n) is 15.6. The van der Waals surface area contributed by atoms with Crippen LogP contribution in [0.5, 0.6) is 5.75 Å². The van der Waals surface area contributed by atoms with E-state index in [0.29, 0.717) is 5.56 Å². The van der Waals surface area contributed by atoms with E-state index in [-0.39, 0.29) is 51.2 Å². The summed E-state index contributed by atoms with van der Waals surface area (Å²) < 4.78 is 5.85. The van der Waals surface area contributed by atoms with Crippen molar-refractivity contribution in [1.29, 1.82) is 0 Å². The summed E-state index contributed by atoms with van der Waals surface area (Å²) in [5, 5.41) is 20.9. The number of aromatic hydroxyl groups is 1. The van der Waals surface area contributed by atoms with Gasteiger partial charge in [0.2, 0.25) is 5.78 Å². The Bertz CT molecular complexity index is 1250. The quantitative estimate of drug-likeness (QED) is 0.555. The van der Waals surface area contributed by atoms with Crippen molar-refractivity contribution in [2.24, 2.45) is 0 Å². The molecule has 1 aliphatic rings. The lowest BCUT2D eigenvalue weighted by Crippen LogP contribution is -2.25. The molecule has 1 aromatic heterocycles. The first kappa shape index (κ1) is 18.1. The number of ketones is 2. The van der Waals surface area contributed by atoms with Crippen molar-refractivity contribution >= 4 is 22.5 Å². The first-order valence-corrected chi connectivity index (χ1v) is 8.93. The Kier molecular flexibility index (Phi) is 3.80. The Morgan fingerprint density at radius 3 is 2.43 bits per heavy atom. The van der Waals surface area contributed by atoms with E-state index < -0.39 is 22.6 Å². The van der Waals surface area contributed by atoms with Crippen molar-refractivity contribution < 1.29 is 24.2 Å². The molecule has 0 aliphatic heterocycles. The maximum Gasteiger partial charge on any atom is 0.202 e. The summed E-state index contributed by atoms with van der Waals surface area (Å²) in [7, 11) is 0. The molecule has 0 bridgehead atoms. The van der Waals surface area contributed by atoms with Gasteiger partial charge in [-0.2, -0.15) is 0 Å². The second kappa shape index (κ2) is 5.87. The van der Waals surface area contributed by atoms with E-state index in [4.69, 9.17) is 4.42 Å². The van der Waals surface area contributed by atoms with Gasteiger partial charge in [0.1, 0.15) is 22.7 Å². The molecule has 3 aromatic rings. The van der Waals surface area contributed by atoms with Gasteiger partial charge in [-0.05, 0) is 38.0 Å². The van der Waals surface area contributed by atoms with Crippen LogP contribution < -0.4 is 5.43 Å². The van der Waals surface area contributed by atoms with Gasteiger partial charge in [-0.15, -0.1) is 0 Å². The predicted molar refractivity (Wildman–Crippen MR) is 102 cm³/mol. The lowest BCUT2D eigenvalue weighted by atomic mass is 9.81. The van der Waals surface area contributed by atoms with Crippen LogP contribution in [-0.4, -0.2) is 21.8 Å². The molecule has 1 heterocycles. The molecular formula is C22H18O6. The van der Waals surface area contributed by atoms with E-state index in [9.17, 15) is 24.6 Å². The van der Waals surface area contributed by atoms with E-state index in [1.54, 1.807) is 13.8 Å². The smallest absolute Gasteiger partial charge is 0.202 e. The minimum atomic E-state index is -1.41. The van der Waals surface area contributed by atoms with Gasteiger partial charge in [0.25, 0.3) is 0 Å². The fourth-order valence-electron chi connectivity index (χ4n) is 3.61. The van der Waals surface area contributed by atoms with Crippen LogP contribution in [0.4, 0.5) is 0 Å². The van der Waals surface area contributed by atoms with Crippen LogP contribution in [0, 0.1) is 6.92 Å². The van der Waals surface area contributed by atoms with E-state index in [1.165, 1.54) is 37.3 Å². The molecule has 1 atom stereocenters. The second-order valence-corrected chi connectivity index (χ2v) is 7.28. The topological polar surface area (TPSA) is 105 Å². The highest BCUT2D eigenvalue weighted by Crippen LogP contribution is 2.37. The predicted octanol–water partition coefficient (Wildman–Crippen LogP) is 3.20. The summed E-state index contributed by atoms with van der Waals surface area (Å²) in [6.07, 6.45) is 0.284. The minimum absolute atomic E-state index is 0.0172. The fraction of sp³-hybridized carbons (Fsp3) is 0.227. The number of aryl methyl sites for hydroxylation is 1. The van der Waals surface area contributed by atoms with Gasteiger partial charge >= 0.3 is 0 Å². The fourth-order valence-corrected chi connectivity index (χ4v) is 3.61. The van der Waals surface area contributed by atoms with E-state index in [1.807, 2.05) is 0 Å². The molecule has 1 aliphatic carbocycles. The number of carbonyl (C=O) groups is 2. The largest absolute Gasteiger partial charge is 0.507 e. The van der Waals surface area contributed by atoms with E-state index in [0.717, 1.165) is 0 Å². The molecule has 28 heavy (non-hydrogen) atoms. The minimum Gasteiger partial charge on any atom is -0.507 e. The highest BCUT2D eigenvalue weighted by Gasteiger charge is 2.36. The van der Waals surface area contributed by atoms with Gasteiger partial charge in [-0.3, -0.25) is 14.4 Å². The average molecular weight is 378 g/mol. The number of fused-ring (bicyclic) bond motifs is 4. The van der Waals surface area contributed by atoms with Crippen LogP contribution in [0.15, 0.2) is 39.5 Å². The van der Waals surface area contributed by atoms with Gasteiger partial charge in [0.05, 0.1) is 16.5 Å². The molecule has 2 N–H and O–H groups in total. The summed E-state index contributed by atoms with van der Waals surface area (Å²) in [5.74, 6) is -1.32. The Balaban J connectivity index is 2.16. The van der Waals surface area contributed by atoms with Gasteiger partial charge in [-0.25, -0.2) is 0 Å². The van der Waals surface area contributed by atoms with Crippen molar-refractivity contribution in [3.63, 3.8) is 0 Å². The average Bonchev–Trinajstić information content (AvgIpc) is 2.65. The molecule has 0 amide bonds. The van der Waals surface area contributed by atoms with Crippen LogP contribution in [-0.2, 0) is 5.60 Å². The number of aliphatic hydroxyl groups is 1. The van der Waals surface area contributed by atoms with Gasteiger partial charge in [0, 0.05) is 17.2 Å². The third-order valence-electron chi connectivity index (χ3n) is 5.40. The second-order valence-electron chi connectivity index (χ2n) is 7.28. The van der Waals surface area contributed by atoms with Crippen LogP contribution >= 0.6 is 0 Å². The van der Waals surface area contributed by atoms with E-state index >= 15 is 0 Å². The number of phenolic OH excluding ortho intramolecular Hbond substituents is 1. The Morgan fingerprint density at radius 2 is 1.75 bits per heavy atom. The Morgan fingerprint density at radius 1 is 1.04 bits per heavy atom. The molecule has 1 unspecified atom stereocenters. The summed E-state index contributed by atoms with van der Waals surface area (Å²) in [6.45, 7) is 4.90. The van der Waals surface area contributed by atoms with Crippen molar-refractivity contribution in [3.8, 4) is 5.75 Å². The van der Waals surface area contributed by atoms with E-state index in [2.05, 4.69) is 0 Å². The molecule has 0 saturated carbocycles. The monoisotopic (exact) mass is 378 g/mol.